The van der Waals surface area contributed by atoms with Crippen LogP contribution >= 0.6 is 22.6 Å². The Bertz CT molecular complexity index is 349. The first-order valence-corrected chi connectivity index (χ1v) is 5.42. The lowest BCUT2D eigenvalue weighted by atomic mass is 10.1. The van der Waals surface area contributed by atoms with Crippen LogP contribution < -0.4 is 5.32 Å². The number of halogens is 1. The number of Topliss-reactive ketones (excluding diaryl/α,β-unsaturated/α-hetero) is 1. The predicted molar refractivity (Wildman–Crippen MR) is 61.2 cm³/mol. The molecular weight excluding hydrogens is 277 g/mol. The van der Waals surface area contributed by atoms with E-state index in [1.54, 1.807) is 0 Å². The lowest BCUT2D eigenvalue weighted by Crippen LogP contribution is -2.00. The van der Waals surface area contributed by atoms with Crippen LogP contribution in [0.4, 0.5) is 5.69 Å². The van der Waals surface area contributed by atoms with Gasteiger partial charge in [-0.2, -0.15) is 0 Å². The Labute approximate surface area is 90.9 Å². The van der Waals surface area contributed by atoms with E-state index in [2.05, 4.69) is 27.9 Å². The summed E-state index contributed by atoms with van der Waals surface area (Å²) in [5.41, 5.74) is 1.84. The molecule has 0 saturated heterocycles. The summed E-state index contributed by atoms with van der Waals surface area (Å²) in [5, 5.41) is 3.26. The number of benzene rings is 1. The van der Waals surface area contributed by atoms with Crippen molar-refractivity contribution >= 4 is 34.1 Å². The molecule has 0 aromatic heterocycles. The molecule has 13 heavy (non-hydrogen) atoms. The molecule has 2 nitrogen and oxygen atoms in total. The van der Waals surface area contributed by atoms with Gasteiger partial charge in [0.05, 0.1) is 0 Å². The highest BCUT2D eigenvalue weighted by molar-refractivity contribution is 14.1. The molecule has 0 radical (unpaired) electrons. The van der Waals surface area contributed by atoms with Crippen molar-refractivity contribution in [1.82, 2.24) is 0 Å². The van der Waals surface area contributed by atoms with E-state index in [4.69, 9.17) is 0 Å². The van der Waals surface area contributed by atoms with Crippen molar-refractivity contribution in [2.45, 2.75) is 12.8 Å². The molecule has 68 valence electrons. The van der Waals surface area contributed by atoms with Gasteiger partial charge in [-0.1, -0.05) is 0 Å². The molecule has 0 aliphatic carbocycles. The predicted octanol–water partition coefficient (Wildman–Crippen LogP) is 2.68. The lowest BCUT2D eigenvalue weighted by Gasteiger charge is -2.05. The number of carbonyl (C=O) groups is 1. The fraction of sp³-hybridized carbons (Fsp3) is 0.300. The minimum atomic E-state index is 0.263. The van der Waals surface area contributed by atoms with Crippen molar-refractivity contribution in [1.29, 1.82) is 0 Å². The van der Waals surface area contributed by atoms with Gasteiger partial charge in [0.15, 0.2) is 5.78 Å². The van der Waals surface area contributed by atoms with Crippen LogP contribution in [0, 0.1) is 3.57 Å². The quantitative estimate of drug-likeness (QED) is 0.743. The summed E-state index contributed by atoms with van der Waals surface area (Å²) in [7, 11) is 0. The van der Waals surface area contributed by atoms with Crippen LogP contribution in [0.15, 0.2) is 18.2 Å². The minimum absolute atomic E-state index is 0.263. The fourth-order valence-corrected chi connectivity index (χ4v) is 2.00. The van der Waals surface area contributed by atoms with Gasteiger partial charge in [0.1, 0.15) is 0 Å². The average Bonchev–Trinajstić information content (AvgIpc) is 2.29. The van der Waals surface area contributed by atoms with E-state index in [9.17, 15) is 4.79 Å². The highest BCUT2D eigenvalue weighted by Gasteiger charge is 2.14. The summed E-state index contributed by atoms with van der Waals surface area (Å²) in [6.07, 6.45) is 1.60. The maximum atomic E-state index is 11.6. The van der Waals surface area contributed by atoms with Gasteiger partial charge >= 0.3 is 0 Å². The number of hydrogen-bond acceptors (Lipinski definition) is 2. The fourth-order valence-electron chi connectivity index (χ4n) is 1.51. The van der Waals surface area contributed by atoms with E-state index in [1.165, 1.54) is 0 Å². The van der Waals surface area contributed by atoms with Gasteiger partial charge in [-0.25, -0.2) is 0 Å². The molecule has 1 aliphatic heterocycles. The van der Waals surface area contributed by atoms with Crippen LogP contribution in [0.5, 0.6) is 0 Å². The van der Waals surface area contributed by atoms with Crippen LogP contribution in [0.25, 0.3) is 0 Å². The van der Waals surface area contributed by atoms with Crippen LogP contribution in [0.2, 0.25) is 0 Å². The number of rotatable bonds is 0. The van der Waals surface area contributed by atoms with E-state index < -0.39 is 0 Å². The van der Waals surface area contributed by atoms with E-state index in [1.807, 2.05) is 18.2 Å². The highest BCUT2D eigenvalue weighted by Crippen LogP contribution is 2.23. The zero-order chi connectivity index (χ0) is 9.26. The molecule has 0 saturated carbocycles. The Morgan fingerprint density at radius 3 is 3.08 bits per heavy atom. The zero-order valence-corrected chi connectivity index (χ0v) is 9.30. The summed E-state index contributed by atoms with van der Waals surface area (Å²) >= 11 is 2.23. The standard InChI is InChI=1S/C10H10INO/c11-7-3-4-9-8(6-7)10(13)2-1-5-12-9/h3-4,6,12H,1-2,5H2. The van der Waals surface area contributed by atoms with E-state index in [-0.39, 0.29) is 5.78 Å². The number of carbonyl (C=O) groups excluding carboxylic acids is 1. The van der Waals surface area contributed by atoms with Crippen molar-refractivity contribution in [3.8, 4) is 0 Å². The molecule has 1 aromatic rings. The van der Waals surface area contributed by atoms with E-state index in [0.717, 1.165) is 27.8 Å². The first kappa shape index (κ1) is 8.99. The third-order valence-corrected chi connectivity index (χ3v) is 2.85. The molecule has 2 rings (SSSR count). The molecule has 0 spiro atoms. The normalized spacial score (nSPS) is 15.9. The van der Waals surface area contributed by atoms with Crippen molar-refractivity contribution < 1.29 is 4.79 Å². The Morgan fingerprint density at radius 1 is 1.38 bits per heavy atom. The monoisotopic (exact) mass is 287 g/mol. The van der Waals surface area contributed by atoms with Crippen molar-refractivity contribution in [2.24, 2.45) is 0 Å². The molecule has 0 atom stereocenters. The Kier molecular flexibility index (Phi) is 2.53. The van der Waals surface area contributed by atoms with Crippen LogP contribution in [-0.2, 0) is 0 Å². The molecule has 1 aromatic carbocycles. The van der Waals surface area contributed by atoms with E-state index >= 15 is 0 Å². The topological polar surface area (TPSA) is 29.1 Å². The van der Waals surface area contributed by atoms with Gasteiger partial charge < -0.3 is 5.32 Å². The minimum Gasteiger partial charge on any atom is -0.384 e. The second kappa shape index (κ2) is 3.65. The first-order valence-electron chi connectivity index (χ1n) is 4.34. The van der Waals surface area contributed by atoms with Crippen LogP contribution in [0.3, 0.4) is 0 Å². The molecule has 0 amide bonds. The Morgan fingerprint density at radius 2 is 2.23 bits per heavy atom. The zero-order valence-electron chi connectivity index (χ0n) is 7.14. The van der Waals surface area contributed by atoms with Gasteiger partial charge in [0, 0.05) is 27.8 Å². The molecule has 0 bridgehead atoms. The molecule has 0 fully saturated rings. The number of ketones is 1. The largest absolute Gasteiger partial charge is 0.384 e. The second-order valence-electron chi connectivity index (χ2n) is 3.14. The summed E-state index contributed by atoms with van der Waals surface area (Å²) in [5.74, 6) is 0.263. The third kappa shape index (κ3) is 1.85. The van der Waals surface area contributed by atoms with Crippen molar-refractivity contribution in [3.63, 3.8) is 0 Å². The van der Waals surface area contributed by atoms with Gasteiger partial charge in [0.25, 0.3) is 0 Å². The second-order valence-corrected chi connectivity index (χ2v) is 4.39. The summed E-state index contributed by atoms with van der Waals surface area (Å²) < 4.78 is 1.12. The maximum Gasteiger partial charge on any atom is 0.165 e. The smallest absolute Gasteiger partial charge is 0.165 e. The Hall–Kier alpha value is -0.580. The lowest BCUT2D eigenvalue weighted by molar-refractivity contribution is 0.0984. The number of anilines is 1. The molecule has 0 unspecified atom stereocenters. The maximum absolute atomic E-state index is 11.6. The molecule has 1 aliphatic rings. The Balaban J connectivity index is 2.49. The highest BCUT2D eigenvalue weighted by atomic mass is 127. The van der Waals surface area contributed by atoms with E-state index in [0.29, 0.717) is 6.42 Å². The molecule has 3 heteroatoms. The van der Waals surface area contributed by atoms with Crippen LogP contribution in [0.1, 0.15) is 23.2 Å². The van der Waals surface area contributed by atoms with Gasteiger partial charge in [-0.3, -0.25) is 4.79 Å². The summed E-state index contributed by atoms with van der Waals surface area (Å²) in [6, 6.07) is 5.96. The van der Waals surface area contributed by atoms with Crippen molar-refractivity contribution in [2.75, 3.05) is 11.9 Å². The number of nitrogens with one attached hydrogen (secondary N) is 1. The first-order chi connectivity index (χ1) is 6.27. The SMILES string of the molecule is O=C1CCCNc2ccc(I)cc21. The average molecular weight is 287 g/mol. The number of fused-ring (bicyclic) bond motifs is 1. The van der Waals surface area contributed by atoms with Gasteiger partial charge in [-0.05, 0) is 47.2 Å². The molecule has 1 heterocycles. The number of hydrogen-bond donors (Lipinski definition) is 1. The van der Waals surface area contributed by atoms with Crippen LogP contribution in [-0.4, -0.2) is 12.3 Å². The van der Waals surface area contributed by atoms with Gasteiger partial charge in [0.2, 0.25) is 0 Å². The third-order valence-electron chi connectivity index (χ3n) is 2.18. The van der Waals surface area contributed by atoms with Gasteiger partial charge in [-0.15, -0.1) is 0 Å². The summed E-state index contributed by atoms with van der Waals surface area (Å²) in [4.78, 5) is 11.6. The summed E-state index contributed by atoms with van der Waals surface area (Å²) in [6.45, 7) is 0.902. The molecular formula is C10H10INO. The van der Waals surface area contributed by atoms with Crippen molar-refractivity contribution in [3.05, 3.63) is 27.3 Å². The molecule has 1 N–H and O–H groups in total.